The highest BCUT2D eigenvalue weighted by Gasteiger charge is 2.04. The average Bonchev–Trinajstić information content (AvgIpc) is 2.73. The predicted molar refractivity (Wildman–Crippen MR) is 74.8 cm³/mol. The molecule has 1 aromatic carbocycles. The number of halogens is 1. The van der Waals surface area contributed by atoms with Crippen molar-refractivity contribution in [3.8, 4) is 0 Å². The second-order valence-corrected chi connectivity index (χ2v) is 5.26. The van der Waals surface area contributed by atoms with Gasteiger partial charge in [-0.15, -0.1) is 0 Å². The van der Waals surface area contributed by atoms with Crippen molar-refractivity contribution < 1.29 is 0 Å². The number of nitrogens with zero attached hydrogens (tertiary/aromatic N) is 1. The molecule has 0 spiro atoms. The van der Waals surface area contributed by atoms with Gasteiger partial charge in [-0.05, 0) is 36.2 Å². The number of hydrogen-bond acceptors (Lipinski definition) is 1. The molecule has 17 heavy (non-hydrogen) atoms. The number of benzene rings is 1. The minimum absolute atomic E-state index is 0.364. The van der Waals surface area contributed by atoms with E-state index in [9.17, 15) is 0 Å². The van der Waals surface area contributed by atoms with Crippen molar-refractivity contribution in [2.75, 3.05) is 0 Å². The molecule has 0 aliphatic rings. The first kappa shape index (κ1) is 12.4. The van der Waals surface area contributed by atoms with Gasteiger partial charge in [0.15, 0.2) is 0 Å². The molecule has 0 saturated carbocycles. The van der Waals surface area contributed by atoms with Gasteiger partial charge in [0.05, 0.1) is 0 Å². The summed E-state index contributed by atoms with van der Waals surface area (Å²) in [6.07, 6.45) is 4.21. The molecule has 90 valence electrons. The summed E-state index contributed by atoms with van der Waals surface area (Å²) >= 11 is 3.45. The molecule has 0 bridgehead atoms. The van der Waals surface area contributed by atoms with Gasteiger partial charge in [0.2, 0.25) is 0 Å². The predicted octanol–water partition coefficient (Wildman–Crippen LogP) is 3.64. The zero-order chi connectivity index (χ0) is 12.3. The lowest BCUT2D eigenvalue weighted by molar-refractivity contribution is 0.574. The van der Waals surface area contributed by atoms with Gasteiger partial charge >= 0.3 is 0 Å². The van der Waals surface area contributed by atoms with Gasteiger partial charge in [0.1, 0.15) is 0 Å². The monoisotopic (exact) mass is 292 g/mol. The zero-order valence-electron chi connectivity index (χ0n) is 10.2. The van der Waals surface area contributed by atoms with Gasteiger partial charge in [0.25, 0.3) is 0 Å². The molecule has 0 radical (unpaired) electrons. The Labute approximate surface area is 111 Å². The van der Waals surface area contributed by atoms with E-state index in [2.05, 4.69) is 75.5 Å². The highest BCUT2D eigenvalue weighted by atomic mass is 79.9. The molecule has 0 aliphatic carbocycles. The molecule has 1 aromatic heterocycles. The second kappa shape index (κ2) is 5.52. The van der Waals surface area contributed by atoms with Gasteiger partial charge in [0, 0.05) is 36.5 Å². The molecule has 0 unspecified atom stereocenters. The number of aryl methyl sites for hydroxylation is 1. The smallest absolute Gasteiger partial charge is 0.0294 e. The van der Waals surface area contributed by atoms with Gasteiger partial charge in [-0.2, -0.15) is 0 Å². The summed E-state index contributed by atoms with van der Waals surface area (Å²) < 4.78 is 3.19. The Morgan fingerprint density at radius 3 is 2.53 bits per heavy atom. The number of hydrogen-bond donors (Lipinski definition) is 1. The van der Waals surface area contributed by atoms with Gasteiger partial charge in [-0.25, -0.2) is 0 Å². The normalized spacial score (nSPS) is 12.6. The molecule has 1 heterocycles. The van der Waals surface area contributed by atoms with E-state index in [-0.39, 0.29) is 0 Å². The maximum absolute atomic E-state index is 3.52. The van der Waals surface area contributed by atoms with E-state index < -0.39 is 0 Å². The molecule has 0 aliphatic heterocycles. The maximum Gasteiger partial charge on any atom is 0.0294 e. The topological polar surface area (TPSA) is 17.0 Å². The fraction of sp³-hybridized carbons (Fsp3) is 0.286. The van der Waals surface area contributed by atoms with E-state index in [0.717, 1.165) is 11.0 Å². The second-order valence-electron chi connectivity index (χ2n) is 4.34. The third-order valence-corrected chi connectivity index (χ3v) is 3.40. The van der Waals surface area contributed by atoms with Crippen LogP contribution in [0.25, 0.3) is 0 Å². The first-order valence-electron chi connectivity index (χ1n) is 5.75. The number of rotatable bonds is 4. The van der Waals surface area contributed by atoms with E-state index in [1.807, 2.05) is 7.05 Å². The molecular weight excluding hydrogens is 276 g/mol. The SMILES string of the molecule is C[C@H](NCc1ccn(C)c1)c1ccc(Br)cc1. The highest BCUT2D eigenvalue weighted by Crippen LogP contribution is 2.16. The van der Waals surface area contributed by atoms with Crippen LogP contribution in [0.2, 0.25) is 0 Å². The van der Waals surface area contributed by atoms with Crippen LogP contribution >= 0.6 is 15.9 Å². The quantitative estimate of drug-likeness (QED) is 0.910. The Morgan fingerprint density at radius 1 is 1.24 bits per heavy atom. The molecule has 3 heteroatoms. The summed E-state index contributed by atoms with van der Waals surface area (Å²) in [5, 5.41) is 3.52. The molecule has 0 saturated heterocycles. The molecule has 1 N–H and O–H groups in total. The zero-order valence-corrected chi connectivity index (χ0v) is 11.7. The van der Waals surface area contributed by atoms with Crippen LogP contribution in [0.3, 0.4) is 0 Å². The van der Waals surface area contributed by atoms with Crippen LogP contribution in [0.15, 0.2) is 47.2 Å². The molecule has 2 aromatic rings. The van der Waals surface area contributed by atoms with Crippen LogP contribution in [0.5, 0.6) is 0 Å². The Hall–Kier alpha value is -1.06. The molecule has 2 rings (SSSR count). The Balaban J connectivity index is 1.93. The number of aromatic nitrogens is 1. The first-order valence-corrected chi connectivity index (χ1v) is 6.54. The van der Waals surface area contributed by atoms with Crippen LogP contribution in [-0.4, -0.2) is 4.57 Å². The Bertz CT molecular complexity index is 473. The summed E-state index contributed by atoms with van der Waals surface area (Å²) in [4.78, 5) is 0. The van der Waals surface area contributed by atoms with Gasteiger partial charge in [-0.1, -0.05) is 28.1 Å². The standard InChI is InChI=1S/C14H17BrN2/c1-11(13-3-5-14(15)6-4-13)16-9-12-7-8-17(2)10-12/h3-8,10-11,16H,9H2,1-2H3/t11-/m0/s1. The van der Waals surface area contributed by atoms with E-state index in [0.29, 0.717) is 6.04 Å². The third-order valence-electron chi connectivity index (χ3n) is 2.88. The van der Waals surface area contributed by atoms with E-state index >= 15 is 0 Å². The molecule has 0 amide bonds. The van der Waals surface area contributed by atoms with Crippen LogP contribution in [0, 0.1) is 0 Å². The van der Waals surface area contributed by atoms with E-state index in [1.165, 1.54) is 11.1 Å². The van der Waals surface area contributed by atoms with Crippen molar-refractivity contribution in [2.24, 2.45) is 7.05 Å². The number of nitrogens with one attached hydrogen (secondary N) is 1. The minimum atomic E-state index is 0.364. The van der Waals surface area contributed by atoms with E-state index in [4.69, 9.17) is 0 Å². The average molecular weight is 293 g/mol. The summed E-state index contributed by atoms with van der Waals surface area (Å²) in [5.74, 6) is 0. The fourth-order valence-electron chi connectivity index (χ4n) is 1.81. The van der Waals surface area contributed by atoms with Gasteiger partial charge in [-0.3, -0.25) is 0 Å². The van der Waals surface area contributed by atoms with Crippen molar-refractivity contribution >= 4 is 15.9 Å². The molecule has 0 fully saturated rings. The lowest BCUT2D eigenvalue weighted by Gasteiger charge is -2.13. The fourth-order valence-corrected chi connectivity index (χ4v) is 2.07. The van der Waals surface area contributed by atoms with Crippen molar-refractivity contribution in [3.63, 3.8) is 0 Å². The summed E-state index contributed by atoms with van der Waals surface area (Å²) in [5.41, 5.74) is 2.63. The first-order chi connectivity index (χ1) is 8.15. The lowest BCUT2D eigenvalue weighted by Crippen LogP contribution is -2.17. The van der Waals surface area contributed by atoms with Gasteiger partial charge < -0.3 is 9.88 Å². The molecule has 1 atom stereocenters. The third kappa shape index (κ3) is 3.45. The Kier molecular flexibility index (Phi) is 4.02. The summed E-state index contributed by atoms with van der Waals surface area (Å²) in [6.45, 7) is 3.09. The highest BCUT2D eigenvalue weighted by molar-refractivity contribution is 9.10. The summed E-state index contributed by atoms with van der Waals surface area (Å²) in [6, 6.07) is 11.0. The van der Waals surface area contributed by atoms with Crippen molar-refractivity contribution in [2.45, 2.75) is 19.5 Å². The van der Waals surface area contributed by atoms with Crippen LogP contribution < -0.4 is 5.32 Å². The largest absolute Gasteiger partial charge is 0.357 e. The van der Waals surface area contributed by atoms with Crippen molar-refractivity contribution in [3.05, 3.63) is 58.3 Å². The van der Waals surface area contributed by atoms with Crippen molar-refractivity contribution in [1.82, 2.24) is 9.88 Å². The maximum atomic E-state index is 3.52. The van der Waals surface area contributed by atoms with Crippen molar-refractivity contribution in [1.29, 1.82) is 0 Å². The Morgan fingerprint density at radius 2 is 1.94 bits per heavy atom. The van der Waals surface area contributed by atoms with Crippen LogP contribution in [-0.2, 0) is 13.6 Å². The summed E-state index contributed by atoms with van der Waals surface area (Å²) in [7, 11) is 2.04. The minimum Gasteiger partial charge on any atom is -0.357 e. The lowest BCUT2D eigenvalue weighted by atomic mass is 10.1. The van der Waals surface area contributed by atoms with E-state index in [1.54, 1.807) is 0 Å². The van der Waals surface area contributed by atoms with Crippen LogP contribution in [0.1, 0.15) is 24.1 Å². The molecular formula is C14H17BrN2. The van der Waals surface area contributed by atoms with Crippen LogP contribution in [0.4, 0.5) is 0 Å². The molecule has 2 nitrogen and oxygen atoms in total.